The molecule has 0 radical (unpaired) electrons. The van der Waals surface area contributed by atoms with Crippen molar-refractivity contribution in [1.82, 2.24) is 5.32 Å². The highest BCUT2D eigenvalue weighted by atomic mass is 16.6. The lowest BCUT2D eigenvalue weighted by molar-refractivity contribution is 0.0520. The number of rotatable bonds is 8. The second-order valence-corrected chi connectivity index (χ2v) is 6.09. The molecule has 124 valence electrons. The molecule has 0 aromatic heterocycles. The zero-order valence-electron chi connectivity index (χ0n) is 14.1. The lowest BCUT2D eigenvalue weighted by Crippen LogP contribution is -2.34. The van der Waals surface area contributed by atoms with Crippen molar-refractivity contribution in [1.29, 1.82) is 0 Å². The van der Waals surface area contributed by atoms with Gasteiger partial charge in [-0.2, -0.15) is 0 Å². The maximum Gasteiger partial charge on any atom is 0.407 e. The van der Waals surface area contributed by atoms with Crippen LogP contribution in [0.4, 0.5) is 10.5 Å². The summed E-state index contributed by atoms with van der Waals surface area (Å²) in [5, 5.41) is 6.01. The molecule has 0 heterocycles. The minimum atomic E-state index is -0.483. The van der Waals surface area contributed by atoms with Crippen LogP contribution in [0.2, 0.25) is 0 Å². The summed E-state index contributed by atoms with van der Waals surface area (Å²) in [6.07, 6.45) is 1.89. The Balaban J connectivity index is 2.27. The molecule has 0 unspecified atom stereocenters. The van der Waals surface area contributed by atoms with E-state index in [0.29, 0.717) is 13.2 Å². The zero-order chi connectivity index (χ0) is 16.4. The molecule has 5 heteroatoms. The Morgan fingerprint density at radius 1 is 1.23 bits per heavy atom. The molecule has 0 fully saturated rings. The van der Waals surface area contributed by atoms with Crippen molar-refractivity contribution >= 4 is 11.8 Å². The second kappa shape index (κ2) is 9.18. The quantitative estimate of drug-likeness (QED) is 0.717. The molecule has 0 atom stereocenters. The monoisotopic (exact) mass is 308 g/mol. The number of benzene rings is 1. The first-order chi connectivity index (χ1) is 10.4. The Morgan fingerprint density at radius 3 is 2.68 bits per heavy atom. The van der Waals surface area contributed by atoms with Crippen LogP contribution in [0.1, 0.15) is 40.5 Å². The fraction of sp³-hybridized carbons (Fsp3) is 0.588. The number of amides is 1. The molecule has 1 amide bonds. The van der Waals surface area contributed by atoms with E-state index in [0.717, 1.165) is 24.4 Å². The van der Waals surface area contributed by atoms with E-state index in [2.05, 4.69) is 17.6 Å². The summed E-state index contributed by atoms with van der Waals surface area (Å²) in [7, 11) is 0. The van der Waals surface area contributed by atoms with Crippen molar-refractivity contribution in [3.8, 4) is 5.75 Å². The number of carbonyl (C=O) groups excluding carboxylic acids is 1. The molecule has 0 aliphatic heterocycles. The summed E-state index contributed by atoms with van der Waals surface area (Å²) in [6, 6.07) is 7.83. The number of hydrogen-bond donors (Lipinski definition) is 2. The van der Waals surface area contributed by atoms with Crippen LogP contribution in [-0.2, 0) is 4.74 Å². The Labute approximate surface area is 133 Å². The van der Waals surface area contributed by atoms with Gasteiger partial charge in [-0.1, -0.05) is 19.4 Å². The van der Waals surface area contributed by atoms with Crippen molar-refractivity contribution in [2.75, 3.05) is 25.0 Å². The number of anilines is 1. The largest absolute Gasteiger partial charge is 0.492 e. The number of carbonyl (C=O) groups is 1. The second-order valence-electron chi connectivity index (χ2n) is 6.09. The summed E-state index contributed by atoms with van der Waals surface area (Å²) in [4.78, 5) is 11.5. The minimum absolute atomic E-state index is 0.400. The predicted octanol–water partition coefficient (Wildman–Crippen LogP) is 3.80. The van der Waals surface area contributed by atoms with Crippen LogP contribution in [-0.4, -0.2) is 31.4 Å². The van der Waals surface area contributed by atoms with Gasteiger partial charge < -0.3 is 20.1 Å². The maximum absolute atomic E-state index is 11.5. The number of unbranched alkanes of at least 4 members (excludes halogenated alkanes) is 1. The summed E-state index contributed by atoms with van der Waals surface area (Å²) in [5.41, 5.74) is 0.565. The van der Waals surface area contributed by atoms with Crippen LogP contribution in [0.25, 0.3) is 0 Å². The first kappa shape index (κ1) is 18.1. The molecular formula is C17H28N2O3. The fourth-order valence-electron chi connectivity index (χ4n) is 1.74. The third kappa shape index (κ3) is 8.39. The molecule has 1 aromatic rings. The highest BCUT2D eigenvalue weighted by molar-refractivity contribution is 5.67. The van der Waals surface area contributed by atoms with Crippen molar-refractivity contribution < 1.29 is 14.3 Å². The van der Waals surface area contributed by atoms with E-state index in [1.165, 1.54) is 6.42 Å². The zero-order valence-corrected chi connectivity index (χ0v) is 14.1. The SMILES string of the molecule is CCCCNc1cccc(OCCNC(=O)OC(C)(C)C)c1. The first-order valence-electron chi connectivity index (χ1n) is 7.84. The lowest BCUT2D eigenvalue weighted by Gasteiger charge is -2.19. The van der Waals surface area contributed by atoms with Crippen LogP contribution in [0.3, 0.4) is 0 Å². The summed E-state index contributed by atoms with van der Waals surface area (Å²) in [6.45, 7) is 9.43. The van der Waals surface area contributed by atoms with Gasteiger partial charge in [-0.05, 0) is 39.3 Å². The minimum Gasteiger partial charge on any atom is -0.492 e. The van der Waals surface area contributed by atoms with E-state index in [-0.39, 0.29) is 0 Å². The van der Waals surface area contributed by atoms with Crippen molar-refractivity contribution in [3.63, 3.8) is 0 Å². The molecular weight excluding hydrogens is 280 g/mol. The predicted molar refractivity (Wildman–Crippen MR) is 89.6 cm³/mol. The van der Waals surface area contributed by atoms with Gasteiger partial charge >= 0.3 is 6.09 Å². The number of alkyl carbamates (subject to hydrolysis) is 1. The topological polar surface area (TPSA) is 59.6 Å². The standard InChI is InChI=1S/C17H28N2O3/c1-5-6-10-18-14-8-7-9-15(13-14)21-12-11-19-16(20)22-17(2,3)4/h7-9,13,18H,5-6,10-12H2,1-4H3,(H,19,20). The van der Waals surface area contributed by atoms with Gasteiger partial charge in [0, 0.05) is 18.3 Å². The Morgan fingerprint density at radius 2 is 2.00 bits per heavy atom. The van der Waals surface area contributed by atoms with E-state index >= 15 is 0 Å². The van der Waals surface area contributed by atoms with Gasteiger partial charge in [0.2, 0.25) is 0 Å². The van der Waals surface area contributed by atoms with Crippen LogP contribution in [0.15, 0.2) is 24.3 Å². The van der Waals surface area contributed by atoms with Gasteiger partial charge in [0.05, 0.1) is 6.54 Å². The van der Waals surface area contributed by atoms with E-state index in [1.807, 2.05) is 45.0 Å². The normalized spacial score (nSPS) is 10.9. The van der Waals surface area contributed by atoms with Crippen LogP contribution < -0.4 is 15.4 Å². The van der Waals surface area contributed by atoms with E-state index in [9.17, 15) is 4.79 Å². The van der Waals surface area contributed by atoms with E-state index in [4.69, 9.17) is 9.47 Å². The van der Waals surface area contributed by atoms with Gasteiger partial charge in [-0.25, -0.2) is 4.79 Å². The fourth-order valence-corrected chi connectivity index (χ4v) is 1.74. The molecule has 1 rings (SSSR count). The third-order valence-electron chi connectivity index (χ3n) is 2.73. The highest BCUT2D eigenvalue weighted by Crippen LogP contribution is 2.17. The average molecular weight is 308 g/mol. The molecule has 5 nitrogen and oxygen atoms in total. The van der Waals surface area contributed by atoms with Crippen molar-refractivity contribution in [2.24, 2.45) is 0 Å². The Kier molecular flexibility index (Phi) is 7.57. The Bertz CT molecular complexity index is 455. The van der Waals surface area contributed by atoms with Gasteiger partial charge in [0.1, 0.15) is 18.0 Å². The molecule has 22 heavy (non-hydrogen) atoms. The maximum atomic E-state index is 11.5. The molecule has 0 saturated carbocycles. The highest BCUT2D eigenvalue weighted by Gasteiger charge is 2.15. The van der Waals surface area contributed by atoms with Crippen molar-refractivity contribution in [2.45, 2.75) is 46.1 Å². The first-order valence-corrected chi connectivity index (χ1v) is 7.84. The van der Waals surface area contributed by atoms with Crippen LogP contribution in [0, 0.1) is 0 Å². The molecule has 0 spiro atoms. The molecule has 2 N–H and O–H groups in total. The van der Waals surface area contributed by atoms with Gasteiger partial charge in [0.15, 0.2) is 0 Å². The Hall–Kier alpha value is -1.91. The number of ether oxygens (including phenoxy) is 2. The van der Waals surface area contributed by atoms with E-state index < -0.39 is 11.7 Å². The summed E-state index contributed by atoms with van der Waals surface area (Å²) >= 11 is 0. The lowest BCUT2D eigenvalue weighted by atomic mass is 10.2. The molecule has 0 aliphatic carbocycles. The molecule has 0 aliphatic rings. The van der Waals surface area contributed by atoms with Crippen molar-refractivity contribution in [3.05, 3.63) is 24.3 Å². The van der Waals surface area contributed by atoms with Crippen LogP contribution in [0.5, 0.6) is 5.75 Å². The summed E-state index contributed by atoms with van der Waals surface area (Å²) < 4.78 is 10.8. The van der Waals surface area contributed by atoms with Crippen LogP contribution >= 0.6 is 0 Å². The molecule has 0 saturated heterocycles. The molecule has 0 bridgehead atoms. The van der Waals surface area contributed by atoms with Gasteiger partial charge in [0.25, 0.3) is 0 Å². The summed E-state index contributed by atoms with van der Waals surface area (Å²) in [5.74, 6) is 0.785. The number of nitrogens with one attached hydrogen (secondary N) is 2. The number of hydrogen-bond acceptors (Lipinski definition) is 4. The van der Waals surface area contributed by atoms with Gasteiger partial charge in [-0.3, -0.25) is 0 Å². The van der Waals surface area contributed by atoms with E-state index in [1.54, 1.807) is 0 Å². The van der Waals surface area contributed by atoms with Gasteiger partial charge in [-0.15, -0.1) is 0 Å². The molecule has 1 aromatic carbocycles. The average Bonchev–Trinajstić information content (AvgIpc) is 2.43. The smallest absolute Gasteiger partial charge is 0.407 e. The third-order valence-corrected chi connectivity index (χ3v) is 2.73.